The van der Waals surface area contributed by atoms with Crippen LogP contribution in [0.5, 0.6) is 0 Å². The summed E-state index contributed by atoms with van der Waals surface area (Å²) < 4.78 is 2.53. The molecule has 3 unspecified atom stereocenters. The number of nitrogens with zero attached hydrogens (tertiary/aromatic N) is 3. The SMILES string of the molecule is CC12c3ccccc3C(C)(c3ccccc31)c1c2ncc2c1c1cccc3c4c5c(ncc4n2c13)C1(C)c2ccccc2C2(C)c3ccccc3C521. The van der Waals surface area contributed by atoms with E-state index in [1.54, 1.807) is 0 Å². The Morgan fingerprint density at radius 1 is 0.423 bits per heavy atom. The minimum Gasteiger partial charge on any atom is -0.305 e. The van der Waals surface area contributed by atoms with Crippen LogP contribution >= 0.6 is 0 Å². The third kappa shape index (κ3) is 2.14. The molecule has 0 saturated heterocycles. The first kappa shape index (κ1) is 26.9. The van der Waals surface area contributed by atoms with Crippen molar-refractivity contribution in [2.45, 2.75) is 54.8 Å². The molecule has 52 heavy (non-hydrogen) atoms. The highest BCUT2D eigenvalue weighted by atomic mass is 15.0. The van der Waals surface area contributed by atoms with E-state index in [2.05, 4.69) is 160 Å². The van der Waals surface area contributed by atoms with Crippen molar-refractivity contribution in [2.75, 3.05) is 0 Å². The van der Waals surface area contributed by atoms with Gasteiger partial charge in [0.2, 0.25) is 0 Å². The van der Waals surface area contributed by atoms with E-state index >= 15 is 0 Å². The molecule has 0 radical (unpaired) electrons. The molecule has 6 aliphatic rings. The summed E-state index contributed by atoms with van der Waals surface area (Å²) in [5.74, 6) is 0. The summed E-state index contributed by atoms with van der Waals surface area (Å²) in [5, 5.41) is 5.34. The maximum atomic E-state index is 5.53. The van der Waals surface area contributed by atoms with Gasteiger partial charge in [-0.2, -0.15) is 0 Å². The number of pyridine rings is 2. The van der Waals surface area contributed by atoms with Crippen LogP contribution in [0.2, 0.25) is 0 Å². The van der Waals surface area contributed by atoms with Crippen molar-refractivity contribution >= 4 is 38.1 Å². The molecular formula is C49H33N3. The number of rotatable bonds is 0. The third-order valence-corrected chi connectivity index (χ3v) is 15.6. The predicted molar refractivity (Wildman–Crippen MR) is 207 cm³/mol. The summed E-state index contributed by atoms with van der Waals surface area (Å²) in [7, 11) is 0. The molecule has 4 aromatic heterocycles. The van der Waals surface area contributed by atoms with Crippen molar-refractivity contribution < 1.29 is 0 Å². The highest BCUT2D eigenvalue weighted by molar-refractivity contribution is 6.25. The summed E-state index contributed by atoms with van der Waals surface area (Å²) >= 11 is 0. The lowest BCUT2D eigenvalue weighted by Gasteiger charge is -2.67. The minimum atomic E-state index is -0.337. The molecule has 5 aromatic carbocycles. The van der Waals surface area contributed by atoms with Crippen molar-refractivity contribution in [3.05, 3.63) is 195 Å². The molecule has 3 atom stereocenters. The van der Waals surface area contributed by atoms with Crippen LogP contribution in [0.25, 0.3) is 38.1 Å². The van der Waals surface area contributed by atoms with Gasteiger partial charge < -0.3 is 4.40 Å². The van der Waals surface area contributed by atoms with Gasteiger partial charge in [-0.3, -0.25) is 9.97 Å². The first-order valence-corrected chi connectivity index (χ1v) is 18.8. The third-order valence-electron chi connectivity index (χ3n) is 15.6. The second-order valence-electron chi connectivity index (χ2n) is 17.0. The number of para-hydroxylation sites is 1. The summed E-state index contributed by atoms with van der Waals surface area (Å²) in [6, 6.07) is 43.7. The van der Waals surface area contributed by atoms with Crippen LogP contribution in [0, 0.1) is 0 Å². The Balaban J connectivity index is 1.15. The first-order valence-electron chi connectivity index (χ1n) is 18.8. The summed E-state index contributed by atoms with van der Waals surface area (Å²) in [6.45, 7) is 9.84. The molecule has 2 bridgehead atoms. The zero-order valence-corrected chi connectivity index (χ0v) is 29.5. The fourth-order valence-electron chi connectivity index (χ4n) is 13.8. The van der Waals surface area contributed by atoms with Crippen molar-refractivity contribution in [2.24, 2.45) is 0 Å². The predicted octanol–water partition coefficient (Wildman–Crippen LogP) is 10.2. The number of hydrogen-bond acceptors (Lipinski definition) is 2. The van der Waals surface area contributed by atoms with Crippen LogP contribution in [-0.2, 0) is 27.1 Å². The zero-order chi connectivity index (χ0) is 34.3. The van der Waals surface area contributed by atoms with Gasteiger partial charge in [0.05, 0.1) is 56.6 Å². The molecule has 9 aromatic rings. The molecule has 6 aliphatic carbocycles. The second kappa shape index (κ2) is 7.68. The van der Waals surface area contributed by atoms with Gasteiger partial charge in [0.15, 0.2) is 0 Å². The van der Waals surface area contributed by atoms with E-state index in [0.717, 1.165) is 0 Å². The van der Waals surface area contributed by atoms with Gasteiger partial charge >= 0.3 is 0 Å². The van der Waals surface area contributed by atoms with Crippen LogP contribution in [0.1, 0.15) is 94.7 Å². The molecule has 15 rings (SSSR count). The first-order chi connectivity index (χ1) is 25.3. The maximum absolute atomic E-state index is 5.53. The maximum Gasteiger partial charge on any atom is 0.0729 e. The molecule has 0 aliphatic heterocycles. The molecule has 3 nitrogen and oxygen atoms in total. The quantitative estimate of drug-likeness (QED) is 0.162. The van der Waals surface area contributed by atoms with Crippen molar-refractivity contribution in [3.8, 4) is 0 Å². The zero-order valence-electron chi connectivity index (χ0n) is 29.5. The highest BCUT2D eigenvalue weighted by Gasteiger charge is 2.81. The molecule has 4 heterocycles. The molecular weight excluding hydrogens is 631 g/mol. The van der Waals surface area contributed by atoms with Gasteiger partial charge in [0.1, 0.15) is 0 Å². The average molecular weight is 664 g/mol. The Kier molecular flexibility index (Phi) is 3.98. The second-order valence-corrected chi connectivity index (χ2v) is 17.0. The van der Waals surface area contributed by atoms with E-state index in [1.165, 1.54) is 105 Å². The van der Waals surface area contributed by atoms with Crippen LogP contribution in [0.3, 0.4) is 0 Å². The number of aromatic nitrogens is 3. The number of benzene rings is 5. The van der Waals surface area contributed by atoms with Crippen LogP contribution in [-0.4, -0.2) is 14.4 Å². The van der Waals surface area contributed by atoms with Gasteiger partial charge in [-0.05, 0) is 76.4 Å². The lowest BCUT2D eigenvalue weighted by atomic mass is 9.33. The van der Waals surface area contributed by atoms with Gasteiger partial charge in [0.25, 0.3) is 0 Å². The summed E-state index contributed by atoms with van der Waals surface area (Å²) in [4.78, 5) is 11.0. The van der Waals surface area contributed by atoms with Gasteiger partial charge in [-0.25, -0.2) is 0 Å². The summed E-state index contributed by atoms with van der Waals surface area (Å²) in [5.41, 5.74) is 19.1. The Morgan fingerprint density at radius 3 is 1.44 bits per heavy atom. The van der Waals surface area contributed by atoms with Crippen molar-refractivity contribution in [1.29, 1.82) is 0 Å². The monoisotopic (exact) mass is 663 g/mol. The van der Waals surface area contributed by atoms with E-state index in [-0.39, 0.29) is 27.1 Å². The Hall–Kier alpha value is -5.80. The fourth-order valence-corrected chi connectivity index (χ4v) is 13.8. The van der Waals surface area contributed by atoms with E-state index in [4.69, 9.17) is 9.97 Å². The fraction of sp³-hybridized carbons (Fsp3) is 0.184. The number of hydrogen-bond donors (Lipinski definition) is 0. The molecule has 0 amide bonds. The molecule has 1 spiro atoms. The van der Waals surface area contributed by atoms with E-state index in [9.17, 15) is 0 Å². The molecule has 0 fully saturated rings. The topological polar surface area (TPSA) is 30.2 Å². The largest absolute Gasteiger partial charge is 0.305 e. The molecule has 0 saturated carbocycles. The standard InChI is InChI=1S/C49H33N3/c1-45-28-16-5-7-18-30(28)46(2,31-19-8-6-17-29(31)45)43-40(45)38-26-14-13-15-27-39-37(52(42(26)27)36(38)24-50-43)25-51-44-41(39)49-35-23-12-11-22-34(35)47(49,3)32-20-9-10-21-33(32)48(44,49)4/h5-25H,1-4H3. The van der Waals surface area contributed by atoms with Gasteiger partial charge in [0, 0.05) is 32.4 Å². The van der Waals surface area contributed by atoms with E-state index < -0.39 is 0 Å². The smallest absolute Gasteiger partial charge is 0.0729 e. The highest BCUT2D eigenvalue weighted by Crippen LogP contribution is 2.82. The molecule has 0 N–H and O–H groups in total. The van der Waals surface area contributed by atoms with Gasteiger partial charge in [-0.1, -0.05) is 122 Å². The average Bonchev–Trinajstić information content (AvgIpc) is 3.74. The van der Waals surface area contributed by atoms with E-state index in [1.807, 2.05) is 0 Å². The lowest BCUT2D eigenvalue weighted by molar-refractivity contribution is 0.165. The minimum absolute atomic E-state index is 0.128. The van der Waals surface area contributed by atoms with Gasteiger partial charge in [-0.15, -0.1) is 0 Å². The Morgan fingerprint density at radius 2 is 0.865 bits per heavy atom. The van der Waals surface area contributed by atoms with Crippen LogP contribution in [0.4, 0.5) is 0 Å². The van der Waals surface area contributed by atoms with E-state index in [0.29, 0.717) is 0 Å². The molecule has 3 heteroatoms. The summed E-state index contributed by atoms with van der Waals surface area (Å²) in [6.07, 6.45) is 4.37. The Bertz CT molecular complexity index is 3170. The number of fused-ring (bicyclic) bond motifs is 14. The molecule has 244 valence electrons. The normalized spacial score (nSPS) is 29.2. The van der Waals surface area contributed by atoms with Crippen LogP contribution < -0.4 is 0 Å². The van der Waals surface area contributed by atoms with Crippen LogP contribution in [0.15, 0.2) is 128 Å². The van der Waals surface area contributed by atoms with Crippen molar-refractivity contribution in [1.82, 2.24) is 14.4 Å². The Labute approximate surface area is 300 Å². The lowest BCUT2D eigenvalue weighted by Crippen LogP contribution is -2.69. The van der Waals surface area contributed by atoms with Crippen molar-refractivity contribution in [3.63, 3.8) is 0 Å².